The van der Waals surface area contributed by atoms with Crippen LogP contribution in [0.4, 0.5) is 5.69 Å². The van der Waals surface area contributed by atoms with Crippen molar-refractivity contribution in [3.63, 3.8) is 0 Å². The van der Waals surface area contributed by atoms with Gasteiger partial charge in [-0.2, -0.15) is 0 Å². The standard InChI is InChI=1S/C16H15NO3S/c18-10-13-8-14(17(19)20)5-7-16(13)21-15-6-4-11-2-1-3-12(11)9-15/h4-9,18H,1-3,10H2. The Balaban J connectivity index is 1.89. The molecule has 0 amide bonds. The van der Waals surface area contributed by atoms with Gasteiger partial charge in [0.2, 0.25) is 0 Å². The number of aliphatic hydroxyl groups is 1. The predicted octanol–water partition coefficient (Wildman–Crippen LogP) is 3.73. The Bertz CT molecular complexity index is 700. The number of rotatable bonds is 4. The summed E-state index contributed by atoms with van der Waals surface area (Å²) < 4.78 is 0. The third-order valence-electron chi connectivity index (χ3n) is 3.72. The van der Waals surface area contributed by atoms with Crippen LogP contribution in [0.15, 0.2) is 46.2 Å². The highest BCUT2D eigenvalue weighted by Gasteiger charge is 2.14. The number of hydrogen-bond acceptors (Lipinski definition) is 4. The summed E-state index contributed by atoms with van der Waals surface area (Å²) in [5.74, 6) is 0. The molecule has 0 heterocycles. The highest BCUT2D eigenvalue weighted by molar-refractivity contribution is 7.99. The Morgan fingerprint density at radius 1 is 1.14 bits per heavy atom. The van der Waals surface area contributed by atoms with Crippen molar-refractivity contribution < 1.29 is 10.0 Å². The summed E-state index contributed by atoms with van der Waals surface area (Å²) >= 11 is 1.54. The minimum atomic E-state index is -0.441. The number of hydrogen-bond donors (Lipinski definition) is 1. The van der Waals surface area contributed by atoms with Crippen LogP contribution in [0.3, 0.4) is 0 Å². The van der Waals surface area contributed by atoms with Crippen LogP contribution in [0, 0.1) is 10.1 Å². The van der Waals surface area contributed by atoms with E-state index in [1.165, 1.54) is 29.7 Å². The van der Waals surface area contributed by atoms with Gasteiger partial charge in [0, 0.05) is 21.9 Å². The quantitative estimate of drug-likeness (QED) is 0.690. The summed E-state index contributed by atoms with van der Waals surface area (Å²) in [6.07, 6.45) is 3.49. The largest absolute Gasteiger partial charge is 0.392 e. The zero-order chi connectivity index (χ0) is 14.8. The molecule has 2 aromatic carbocycles. The highest BCUT2D eigenvalue weighted by atomic mass is 32.2. The fraction of sp³-hybridized carbons (Fsp3) is 0.250. The molecule has 2 aromatic rings. The molecule has 1 aliphatic rings. The van der Waals surface area contributed by atoms with Crippen LogP contribution in [0.25, 0.3) is 0 Å². The van der Waals surface area contributed by atoms with Crippen LogP contribution >= 0.6 is 11.8 Å². The van der Waals surface area contributed by atoms with Crippen molar-refractivity contribution in [3.8, 4) is 0 Å². The molecule has 0 aromatic heterocycles. The second-order valence-electron chi connectivity index (χ2n) is 5.09. The third-order valence-corrected chi connectivity index (χ3v) is 4.83. The highest BCUT2D eigenvalue weighted by Crippen LogP contribution is 2.35. The number of aryl methyl sites for hydroxylation is 2. The van der Waals surface area contributed by atoms with Crippen molar-refractivity contribution in [2.24, 2.45) is 0 Å². The van der Waals surface area contributed by atoms with E-state index in [1.807, 2.05) is 0 Å². The average Bonchev–Trinajstić information content (AvgIpc) is 2.95. The third kappa shape index (κ3) is 2.94. The molecule has 3 rings (SSSR count). The second kappa shape index (κ2) is 5.87. The molecule has 0 atom stereocenters. The minimum absolute atomic E-state index is 0.0114. The summed E-state index contributed by atoms with van der Waals surface area (Å²) in [5.41, 5.74) is 3.42. The smallest absolute Gasteiger partial charge is 0.269 e. The molecule has 0 aliphatic heterocycles. The molecule has 0 saturated heterocycles. The van der Waals surface area contributed by atoms with Crippen molar-refractivity contribution in [1.82, 2.24) is 0 Å². The zero-order valence-electron chi connectivity index (χ0n) is 11.4. The van der Waals surface area contributed by atoms with Gasteiger partial charge in [-0.1, -0.05) is 17.8 Å². The molecule has 0 radical (unpaired) electrons. The first-order valence-electron chi connectivity index (χ1n) is 6.85. The summed E-state index contributed by atoms with van der Waals surface area (Å²) in [6, 6.07) is 11.1. The summed E-state index contributed by atoms with van der Waals surface area (Å²) in [5, 5.41) is 20.2. The SMILES string of the molecule is O=[N+]([O-])c1ccc(Sc2ccc3c(c2)CCC3)c(CO)c1. The molecule has 0 saturated carbocycles. The van der Waals surface area contributed by atoms with E-state index in [0.29, 0.717) is 5.56 Å². The van der Waals surface area contributed by atoms with Gasteiger partial charge in [-0.05, 0) is 54.2 Å². The molecule has 1 N–H and O–H groups in total. The van der Waals surface area contributed by atoms with E-state index in [0.717, 1.165) is 22.6 Å². The Morgan fingerprint density at radius 3 is 2.71 bits per heavy atom. The molecular weight excluding hydrogens is 286 g/mol. The second-order valence-corrected chi connectivity index (χ2v) is 6.21. The maximum absolute atomic E-state index is 10.8. The van der Waals surface area contributed by atoms with Gasteiger partial charge in [0.25, 0.3) is 5.69 Å². The minimum Gasteiger partial charge on any atom is -0.392 e. The summed E-state index contributed by atoms with van der Waals surface area (Å²) in [6.45, 7) is -0.199. The van der Waals surface area contributed by atoms with Gasteiger partial charge >= 0.3 is 0 Å². The van der Waals surface area contributed by atoms with E-state index in [4.69, 9.17) is 0 Å². The van der Waals surface area contributed by atoms with E-state index < -0.39 is 4.92 Å². The average molecular weight is 301 g/mol. The lowest BCUT2D eigenvalue weighted by Gasteiger charge is -2.08. The van der Waals surface area contributed by atoms with Crippen LogP contribution in [-0.4, -0.2) is 10.0 Å². The van der Waals surface area contributed by atoms with Gasteiger partial charge < -0.3 is 5.11 Å². The number of benzene rings is 2. The number of non-ortho nitro benzene ring substituents is 1. The van der Waals surface area contributed by atoms with Crippen molar-refractivity contribution in [1.29, 1.82) is 0 Å². The molecule has 0 bridgehead atoms. The van der Waals surface area contributed by atoms with Gasteiger partial charge in [0.15, 0.2) is 0 Å². The zero-order valence-corrected chi connectivity index (χ0v) is 12.2. The first-order chi connectivity index (χ1) is 10.2. The van der Waals surface area contributed by atoms with Gasteiger partial charge in [-0.25, -0.2) is 0 Å². The van der Waals surface area contributed by atoms with Crippen molar-refractivity contribution in [3.05, 3.63) is 63.2 Å². The Kier molecular flexibility index (Phi) is 3.94. The van der Waals surface area contributed by atoms with Crippen LogP contribution in [0.2, 0.25) is 0 Å². The van der Waals surface area contributed by atoms with Crippen LogP contribution in [0.5, 0.6) is 0 Å². The molecule has 21 heavy (non-hydrogen) atoms. The number of fused-ring (bicyclic) bond motifs is 1. The molecular formula is C16H15NO3S. The number of nitro benzene ring substituents is 1. The Hall–Kier alpha value is -1.85. The molecule has 5 heteroatoms. The molecule has 4 nitrogen and oxygen atoms in total. The van der Waals surface area contributed by atoms with E-state index >= 15 is 0 Å². The van der Waals surface area contributed by atoms with E-state index in [1.54, 1.807) is 17.8 Å². The lowest BCUT2D eigenvalue weighted by atomic mass is 10.1. The van der Waals surface area contributed by atoms with Gasteiger partial charge in [-0.3, -0.25) is 10.1 Å². The van der Waals surface area contributed by atoms with Crippen LogP contribution in [-0.2, 0) is 19.4 Å². The predicted molar refractivity (Wildman–Crippen MR) is 81.6 cm³/mol. The summed E-state index contributed by atoms with van der Waals surface area (Å²) in [7, 11) is 0. The summed E-state index contributed by atoms with van der Waals surface area (Å²) in [4.78, 5) is 12.3. The lowest BCUT2D eigenvalue weighted by Crippen LogP contribution is -1.93. The van der Waals surface area contributed by atoms with Crippen LogP contribution in [0.1, 0.15) is 23.1 Å². The van der Waals surface area contributed by atoms with Gasteiger partial charge in [0.05, 0.1) is 11.5 Å². The Morgan fingerprint density at radius 2 is 1.95 bits per heavy atom. The topological polar surface area (TPSA) is 63.4 Å². The van der Waals surface area contributed by atoms with Gasteiger partial charge in [0.1, 0.15) is 0 Å². The molecule has 0 unspecified atom stereocenters. The van der Waals surface area contributed by atoms with Crippen molar-refractivity contribution in [2.45, 2.75) is 35.7 Å². The fourth-order valence-electron chi connectivity index (χ4n) is 2.64. The van der Waals surface area contributed by atoms with Crippen molar-refractivity contribution in [2.75, 3.05) is 0 Å². The van der Waals surface area contributed by atoms with Crippen molar-refractivity contribution >= 4 is 17.4 Å². The van der Waals surface area contributed by atoms with Crippen LogP contribution < -0.4 is 0 Å². The Labute approximate surface area is 127 Å². The number of nitrogens with zero attached hydrogens (tertiary/aromatic N) is 1. The molecule has 0 spiro atoms. The lowest BCUT2D eigenvalue weighted by molar-refractivity contribution is -0.385. The molecule has 1 aliphatic carbocycles. The van der Waals surface area contributed by atoms with Gasteiger partial charge in [-0.15, -0.1) is 0 Å². The monoisotopic (exact) mass is 301 g/mol. The van der Waals surface area contributed by atoms with E-state index in [9.17, 15) is 15.2 Å². The first-order valence-corrected chi connectivity index (χ1v) is 7.67. The normalized spacial score (nSPS) is 13.2. The fourth-order valence-corrected chi connectivity index (χ4v) is 3.62. The van der Waals surface area contributed by atoms with E-state index in [2.05, 4.69) is 18.2 Å². The first kappa shape index (κ1) is 14.1. The maximum Gasteiger partial charge on any atom is 0.269 e. The number of aliphatic hydroxyl groups excluding tert-OH is 1. The molecule has 0 fully saturated rings. The maximum atomic E-state index is 10.8. The van der Waals surface area contributed by atoms with E-state index in [-0.39, 0.29) is 12.3 Å². The molecule has 108 valence electrons. The number of nitro groups is 1.